The Morgan fingerprint density at radius 3 is 1.75 bits per heavy atom. The lowest BCUT2D eigenvalue weighted by atomic mass is 10.2. The maximum atomic E-state index is 11.9. The number of alkyl halides is 1. The molecule has 0 aromatic heterocycles. The van der Waals surface area contributed by atoms with Gasteiger partial charge in [-0.25, -0.2) is 0 Å². The monoisotopic (exact) mass is 282 g/mol. The van der Waals surface area contributed by atoms with Gasteiger partial charge in [0, 0.05) is 0 Å². The van der Waals surface area contributed by atoms with Gasteiger partial charge in [0.25, 0.3) is 0 Å². The van der Waals surface area contributed by atoms with Crippen LogP contribution in [0.15, 0.2) is 24.3 Å². The number of hydrogen-bond acceptors (Lipinski definition) is 2. The van der Waals surface area contributed by atoms with Gasteiger partial charge >= 0.3 is 0 Å². The van der Waals surface area contributed by atoms with Crippen molar-refractivity contribution in [1.82, 2.24) is 0 Å². The lowest BCUT2D eigenvalue weighted by molar-refractivity contribution is 0.292. The van der Waals surface area contributed by atoms with Gasteiger partial charge in [0.15, 0.2) is 0 Å². The molecule has 2 nitrogen and oxygen atoms in total. The Bertz CT molecular complexity index is 324. The molecule has 0 unspecified atom stereocenters. The highest BCUT2D eigenvalue weighted by Gasteiger charge is 1.97. The molecule has 3 heteroatoms. The van der Waals surface area contributed by atoms with E-state index in [2.05, 4.69) is 6.92 Å². The van der Waals surface area contributed by atoms with Crippen molar-refractivity contribution in [3.8, 4) is 11.5 Å². The summed E-state index contributed by atoms with van der Waals surface area (Å²) in [6.45, 7) is 3.30. The van der Waals surface area contributed by atoms with Crippen molar-refractivity contribution in [1.29, 1.82) is 0 Å². The zero-order valence-corrected chi connectivity index (χ0v) is 12.6. The molecule has 0 atom stereocenters. The lowest BCUT2D eigenvalue weighted by Crippen LogP contribution is -1.99. The molecule has 0 heterocycles. The molecule has 0 bridgehead atoms. The second-order valence-corrected chi connectivity index (χ2v) is 4.98. The number of ether oxygens (including phenoxy) is 2. The summed E-state index contributed by atoms with van der Waals surface area (Å²) in [7, 11) is 0. The number of rotatable bonds is 12. The van der Waals surface area contributed by atoms with Gasteiger partial charge in [-0.15, -0.1) is 0 Å². The standard InChI is InChI=1S/C17H27FO2/c1-2-3-4-5-7-14-19-16-9-11-17(12-10-16)20-15-8-6-13-18/h9-12H,2-8,13-15H2,1H3. The van der Waals surface area contributed by atoms with Gasteiger partial charge in [-0.1, -0.05) is 32.6 Å². The second kappa shape index (κ2) is 11.6. The third-order valence-corrected chi connectivity index (χ3v) is 3.14. The van der Waals surface area contributed by atoms with E-state index in [9.17, 15) is 4.39 Å². The van der Waals surface area contributed by atoms with Gasteiger partial charge in [-0.05, 0) is 43.5 Å². The molecule has 0 radical (unpaired) electrons. The van der Waals surface area contributed by atoms with Crippen molar-refractivity contribution in [2.75, 3.05) is 19.9 Å². The molecule has 0 aliphatic carbocycles. The highest BCUT2D eigenvalue weighted by Crippen LogP contribution is 2.18. The van der Waals surface area contributed by atoms with Crippen LogP contribution in [0.25, 0.3) is 0 Å². The smallest absolute Gasteiger partial charge is 0.119 e. The molecule has 0 N–H and O–H groups in total. The zero-order valence-electron chi connectivity index (χ0n) is 12.6. The minimum absolute atomic E-state index is 0.269. The van der Waals surface area contributed by atoms with Gasteiger partial charge in [-0.2, -0.15) is 0 Å². The summed E-state index contributed by atoms with van der Waals surface area (Å²) in [5.41, 5.74) is 0. The van der Waals surface area contributed by atoms with Crippen LogP contribution in [-0.2, 0) is 0 Å². The van der Waals surface area contributed by atoms with Crippen LogP contribution in [0.1, 0.15) is 51.9 Å². The normalized spacial score (nSPS) is 10.5. The first-order chi connectivity index (χ1) is 9.86. The maximum Gasteiger partial charge on any atom is 0.119 e. The third-order valence-electron chi connectivity index (χ3n) is 3.14. The Labute approximate surface area is 122 Å². The summed E-state index contributed by atoms with van der Waals surface area (Å²) < 4.78 is 23.1. The summed E-state index contributed by atoms with van der Waals surface area (Å²) in [5.74, 6) is 1.70. The number of unbranched alkanes of at least 4 members (excludes halogenated alkanes) is 5. The molecule has 1 aromatic rings. The fraction of sp³-hybridized carbons (Fsp3) is 0.647. The van der Waals surface area contributed by atoms with E-state index >= 15 is 0 Å². The van der Waals surface area contributed by atoms with Crippen molar-refractivity contribution in [3.05, 3.63) is 24.3 Å². The van der Waals surface area contributed by atoms with Crippen LogP contribution >= 0.6 is 0 Å². The van der Waals surface area contributed by atoms with Crippen LogP contribution in [0.5, 0.6) is 11.5 Å². The van der Waals surface area contributed by atoms with E-state index in [0.717, 1.165) is 30.9 Å². The summed E-state index contributed by atoms with van der Waals surface area (Å²) in [4.78, 5) is 0. The van der Waals surface area contributed by atoms with E-state index < -0.39 is 0 Å². The van der Waals surface area contributed by atoms with Crippen molar-refractivity contribution in [3.63, 3.8) is 0 Å². The Morgan fingerprint density at radius 1 is 0.750 bits per heavy atom. The SMILES string of the molecule is CCCCCCCOc1ccc(OCCCCF)cc1. The molecule has 20 heavy (non-hydrogen) atoms. The Hall–Kier alpha value is -1.25. The molecule has 0 aliphatic heterocycles. The molecule has 0 amide bonds. The summed E-state index contributed by atoms with van der Waals surface area (Å²) in [5, 5.41) is 0. The molecule has 0 fully saturated rings. The van der Waals surface area contributed by atoms with Gasteiger partial charge in [-0.3, -0.25) is 4.39 Å². The largest absolute Gasteiger partial charge is 0.494 e. The van der Waals surface area contributed by atoms with E-state index in [1.165, 1.54) is 25.7 Å². The van der Waals surface area contributed by atoms with E-state index in [1.54, 1.807) is 0 Å². The number of halogens is 1. The first-order valence-electron chi connectivity index (χ1n) is 7.78. The first-order valence-corrected chi connectivity index (χ1v) is 7.78. The van der Waals surface area contributed by atoms with Crippen LogP contribution in [0.2, 0.25) is 0 Å². The number of hydrogen-bond donors (Lipinski definition) is 0. The van der Waals surface area contributed by atoms with Crippen molar-refractivity contribution >= 4 is 0 Å². The average Bonchev–Trinajstić information content (AvgIpc) is 2.49. The predicted octanol–water partition coefficient (Wildman–Crippen LogP) is 5.16. The molecular formula is C17H27FO2. The van der Waals surface area contributed by atoms with Crippen LogP contribution in [-0.4, -0.2) is 19.9 Å². The fourth-order valence-corrected chi connectivity index (χ4v) is 1.91. The molecule has 0 aliphatic rings. The predicted molar refractivity (Wildman–Crippen MR) is 81.4 cm³/mol. The van der Waals surface area contributed by atoms with Crippen LogP contribution < -0.4 is 9.47 Å². The molecule has 114 valence electrons. The third kappa shape index (κ3) is 8.03. The van der Waals surface area contributed by atoms with Crippen LogP contribution in [0.4, 0.5) is 4.39 Å². The molecule has 1 rings (SSSR count). The van der Waals surface area contributed by atoms with Gasteiger partial charge < -0.3 is 9.47 Å². The Balaban J connectivity index is 2.12. The van der Waals surface area contributed by atoms with E-state index in [-0.39, 0.29) is 6.67 Å². The van der Waals surface area contributed by atoms with E-state index in [1.807, 2.05) is 24.3 Å². The van der Waals surface area contributed by atoms with Crippen molar-refractivity contribution < 1.29 is 13.9 Å². The molecule has 0 saturated carbocycles. The quantitative estimate of drug-likeness (QED) is 0.493. The van der Waals surface area contributed by atoms with Crippen LogP contribution in [0.3, 0.4) is 0 Å². The Kier molecular flexibility index (Phi) is 9.72. The topological polar surface area (TPSA) is 18.5 Å². The van der Waals surface area contributed by atoms with E-state index in [0.29, 0.717) is 13.0 Å². The van der Waals surface area contributed by atoms with Gasteiger partial charge in [0.2, 0.25) is 0 Å². The molecule has 1 aromatic carbocycles. The molecular weight excluding hydrogens is 255 g/mol. The highest BCUT2D eigenvalue weighted by molar-refractivity contribution is 5.31. The van der Waals surface area contributed by atoms with Crippen molar-refractivity contribution in [2.45, 2.75) is 51.9 Å². The van der Waals surface area contributed by atoms with Crippen LogP contribution in [0, 0.1) is 0 Å². The fourth-order valence-electron chi connectivity index (χ4n) is 1.91. The average molecular weight is 282 g/mol. The Morgan fingerprint density at radius 2 is 1.25 bits per heavy atom. The molecule has 0 saturated heterocycles. The highest BCUT2D eigenvalue weighted by atomic mass is 19.1. The van der Waals surface area contributed by atoms with Gasteiger partial charge in [0.1, 0.15) is 11.5 Å². The van der Waals surface area contributed by atoms with Gasteiger partial charge in [0.05, 0.1) is 19.9 Å². The summed E-state index contributed by atoms with van der Waals surface area (Å²) in [6.07, 6.45) is 7.56. The van der Waals surface area contributed by atoms with Crippen molar-refractivity contribution in [2.24, 2.45) is 0 Å². The first kappa shape index (κ1) is 16.8. The minimum Gasteiger partial charge on any atom is -0.494 e. The maximum absolute atomic E-state index is 11.9. The minimum atomic E-state index is -0.269. The lowest BCUT2D eigenvalue weighted by Gasteiger charge is -2.08. The molecule has 0 spiro atoms. The second-order valence-electron chi connectivity index (χ2n) is 4.98. The number of benzene rings is 1. The van der Waals surface area contributed by atoms with E-state index in [4.69, 9.17) is 9.47 Å². The summed E-state index contributed by atoms with van der Waals surface area (Å²) in [6, 6.07) is 7.66. The zero-order chi connectivity index (χ0) is 14.5. The summed E-state index contributed by atoms with van der Waals surface area (Å²) >= 11 is 0.